The first-order valence-electron chi connectivity index (χ1n) is 8.28. The molecule has 1 fully saturated rings. The standard InChI is InChI=1S/C17H10Cl2N6O4/c18-10-5-9(25-17(28)21-16(27)12(7-20)22-25)6-11(19)15(10)29-13-3-4-14(26)24(23-13)8-1-2-8/h3-6,8H,1-2H2,(H,21,27,28). The lowest BCUT2D eigenvalue weighted by molar-refractivity contribution is 0.430. The second-order valence-corrected chi connectivity index (χ2v) is 6.97. The zero-order valence-electron chi connectivity index (χ0n) is 14.4. The van der Waals surface area contributed by atoms with Gasteiger partial charge in [-0.2, -0.15) is 9.94 Å². The molecule has 0 atom stereocenters. The van der Waals surface area contributed by atoms with E-state index in [2.05, 4.69) is 10.2 Å². The van der Waals surface area contributed by atoms with Crippen LogP contribution in [0.25, 0.3) is 5.69 Å². The molecule has 4 rings (SSSR count). The van der Waals surface area contributed by atoms with E-state index in [1.165, 1.54) is 28.9 Å². The van der Waals surface area contributed by atoms with Crippen molar-refractivity contribution in [3.8, 4) is 23.4 Å². The summed E-state index contributed by atoms with van der Waals surface area (Å²) in [6.45, 7) is 0. The molecule has 0 bridgehead atoms. The number of nitrogens with one attached hydrogen (secondary N) is 1. The number of hydrogen-bond donors (Lipinski definition) is 1. The highest BCUT2D eigenvalue weighted by atomic mass is 35.5. The van der Waals surface area contributed by atoms with Crippen molar-refractivity contribution < 1.29 is 4.74 Å². The van der Waals surface area contributed by atoms with Crippen LogP contribution in [0.4, 0.5) is 0 Å². The van der Waals surface area contributed by atoms with E-state index in [9.17, 15) is 14.4 Å². The molecule has 1 aliphatic carbocycles. The number of aromatic amines is 1. The fourth-order valence-corrected chi connectivity index (χ4v) is 3.11. The van der Waals surface area contributed by atoms with Crippen molar-refractivity contribution in [2.24, 2.45) is 0 Å². The van der Waals surface area contributed by atoms with Crippen molar-refractivity contribution in [3.05, 3.63) is 71.2 Å². The molecule has 10 nitrogen and oxygen atoms in total. The minimum atomic E-state index is -0.900. The molecular formula is C17H10Cl2N6O4. The Hall–Kier alpha value is -3.42. The lowest BCUT2D eigenvalue weighted by atomic mass is 10.3. The van der Waals surface area contributed by atoms with Crippen LogP contribution in [0.15, 0.2) is 38.6 Å². The number of benzene rings is 1. The van der Waals surface area contributed by atoms with Gasteiger partial charge >= 0.3 is 5.69 Å². The highest BCUT2D eigenvalue weighted by Gasteiger charge is 2.26. The van der Waals surface area contributed by atoms with Gasteiger partial charge in [0.25, 0.3) is 11.1 Å². The van der Waals surface area contributed by atoms with Crippen molar-refractivity contribution in [3.63, 3.8) is 0 Å². The van der Waals surface area contributed by atoms with Crippen LogP contribution >= 0.6 is 23.2 Å². The molecule has 1 N–H and O–H groups in total. The molecule has 1 aromatic carbocycles. The lowest BCUT2D eigenvalue weighted by Crippen LogP contribution is -2.33. The van der Waals surface area contributed by atoms with E-state index in [1.54, 1.807) is 6.07 Å². The van der Waals surface area contributed by atoms with Crippen LogP contribution in [0.1, 0.15) is 24.6 Å². The maximum atomic E-state index is 12.0. The van der Waals surface area contributed by atoms with Gasteiger partial charge in [0.05, 0.1) is 21.8 Å². The quantitative estimate of drug-likeness (QED) is 0.663. The van der Waals surface area contributed by atoms with Crippen LogP contribution < -0.4 is 21.5 Å². The minimum absolute atomic E-state index is 0.0249. The monoisotopic (exact) mass is 432 g/mol. The first-order valence-corrected chi connectivity index (χ1v) is 9.04. The predicted molar refractivity (Wildman–Crippen MR) is 102 cm³/mol. The molecule has 12 heteroatoms. The Labute approximate surface area is 171 Å². The number of ether oxygens (including phenoxy) is 1. The van der Waals surface area contributed by atoms with Crippen molar-refractivity contribution in [1.82, 2.24) is 24.5 Å². The fraction of sp³-hybridized carbons (Fsp3) is 0.176. The molecule has 0 saturated heterocycles. The van der Waals surface area contributed by atoms with E-state index < -0.39 is 16.9 Å². The van der Waals surface area contributed by atoms with Gasteiger partial charge in [0, 0.05) is 12.1 Å². The average molecular weight is 433 g/mol. The van der Waals surface area contributed by atoms with E-state index in [0.717, 1.165) is 17.5 Å². The molecule has 1 saturated carbocycles. The second kappa shape index (κ2) is 7.20. The third kappa shape index (κ3) is 3.65. The number of nitriles is 1. The Morgan fingerprint density at radius 3 is 2.45 bits per heavy atom. The zero-order chi connectivity index (χ0) is 20.7. The van der Waals surface area contributed by atoms with Gasteiger partial charge in [-0.3, -0.25) is 14.6 Å². The number of H-pyrrole nitrogens is 1. The van der Waals surface area contributed by atoms with Gasteiger partial charge in [-0.1, -0.05) is 23.2 Å². The summed E-state index contributed by atoms with van der Waals surface area (Å²) < 4.78 is 7.78. The van der Waals surface area contributed by atoms with E-state index in [-0.39, 0.29) is 39.0 Å². The van der Waals surface area contributed by atoms with Crippen LogP contribution in [0.2, 0.25) is 10.0 Å². The summed E-state index contributed by atoms with van der Waals surface area (Å²) in [4.78, 5) is 37.4. The molecule has 29 heavy (non-hydrogen) atoms. The van der Waals surface area contributed by atoms with Gasteiger partial charge < -0.3 is 4.74 Å². The van der Waals surface area contributed by atoms with E-state index in [4.69, 9.17) is 33.2 Å². The summed E-state index contributed by atoms with van der Waals surface area (Å²) in [7, 11) is 0. The van der Waals surface area contributed by atoms with Gasteiger partial charge in [-0.15, -0.1) is 10.2 Å². The van der Waals surface area contributed by atoms with E-state index in [1.807, 2.05) is 4.98 Å². The highest BCUT2D eigenvalue weighted by Crippen LogP contribution is 2.38. The molecule has 1 aliphatic rings. The topological polar surface area (TPSA) is 136 Å². The SMILES string of the molecule is N#Cc1nn(-c2cc(Cl)c(Oc3ccc(=O)n(C4CC4)n3)c(Cl)c2)c(=O)[nH]c1=O. The third-order valence-electron chi connectivity index (χ3n) is 4.06. The van der Waals surface area contributed by atoms with Gasteiger partial charge in [0.2, 0.25) is 11.6 Å². The summed E-state index contributed by atoms with van der Waals surface area (Å²) in [5.74, 6) is 0.183. The van der Waals surface area contributed by atoms with Gasteiger partial charge in [0.15, 0.2) is 5.75 Å². The molecule has 3 aromatic rings. The maximum absolute atomic E-state index is 12.0. The molecule has 0 radical (unpaired) electrons. The highest BCUT2D eigenvalue weighted by molar-refractivity contribution is 6.37. The third-order valence-corrected chi connectivity index (χ3v) is 4.62. The Morgan fingerprint density at radius 2 is 1.83 bits per heavy atom. The summed E-state index contributed by atoms with van der Waals surface area (Å²) in [5.41, 5.74) is -2.38. The van der Waals surface area contributed by atoms with Crippen molar-refractivity contribution in [2.75, 3.05) is 0 Å². The Balaban J connectivity index is 1.73. The Bertz CT molecular complexity index is 1330. The minimum Gasteiger partial charge on any atom is -0.434 e. The van der Waals surface area contributed by atoms with Crippen LogP contribution in [-0.4, -0.2) is 24.5 Å². The summed E-state index contributed by atoms with van der Waals surface area (Å²) in [5, 5.41) is 16.8. The smallest absolute Gasteiger partial charge is 0.349 e. The van der Waals surface area contributed by atoms with Crippen molar-refractivity contribution >= 4 is 23.2 Å². The van der Waals surface area contributed by atoms with E-state index >= 15 is 0 Å². The molecule has 2 heterocycles. The fourth-order valence-electron chi connectivity index (χ4n) is 2.56. The summed E-state index contributed by atoms with van der Waals surface area (Å²) in [6.07, 6.45) is 1.75. The molecule has 0 spiro atoms. The van der Waals surface area contributed by atoms with E-state index in [0.29, 0.717) is 0 Å². The summed E-state index contributed by atoms with van der Waals surface area (Å²) in [6, 6.07) is 7.04. The normalized spacial score (nSPS) is 13.1. The molecular weight excluding hydrogens is 423 g/mol. The van der Waals surface area contributed by atoms with Crippen LogP contribution in [0, 0.1) is 11.3 Å². The predicted octanol–water partition coefficient (Wildman–Crippen LogP) is 1.78. The maximum Gasteiger partial charge on any atom is 0.349 e. The number of aromatic nitrogens is 5. The molecule has 0 aliphatic heterocycles. The Kier molecular flexibility index (Phi) is 4.70. The van der Waals surface area contributed by atoms with Crippen molar-refractivity contribution in [2.45, 2.75) is 18.9 Å². The number of rotatable bonds is 4. The number of halogens is 2. The van der Waals surface area contributed by atoms with Crippen LogP contribution in [-0.2, 0) is 0 Å². The molecule has 2 aromatic heterocycles. The zero-order valence-corrected chi connectivity index (χ0v) is 15.9. The molecule has 0 amide bonds. The second-order valence-electron chi connectivity index (χ2n) is 6.16. The van der Waals surface area contributed by atoms with Gasteiger partial charge in [0.1, 0.15) is 6.07 Å². The van der Waals surface area contributed by atoms with Gasteiger partial charge in [-0.05, 0) is 25.0 Å². The largest absolute Gasteiger partial charge is 0.434 e. The lowest BCUT2D eigenvalue weighted by Gasteiger charge is -2.12. The van der Waals surface area contributed by atoms with Crippen molar-refractivity contribution in [1.29, 1.82) is 5.26 Å². The molecule has 0 unspecified atom stereocenters. The average Bonchev–Trinajstić information content (AvgIpc) is 3.51. The Morgan fingerprint density at radius 1 is 1.14 bits per heavy atom. The first kappa shape index (κ1) is 18.9. The van der Waals surface area contributed by atoms with Crippen LogP contribution in [0.3, 0.4) is 0 Å². The van der Waals surface area contributed by atoms with Crippen LogP contribution in [0.5, 0.6) is 11.6 Å². The number of nitrogens with zero attached hydrogens (tertiary/aromatic N) is 5. The van der Waals surface area contributed by atoms with Gasteiger partial charge in [-0.25, -0.2) is 9.48 Å². The molecule has 146 valence electrons. The first-order chi connectivity index (χ1) is 13.9. The number of hydrogen-bond acceptors (Lipinski definition) is 7. The summed E-state index contributed by atoms with van der Waals surface area (Å²) >= 11 is 12.5.